The van der Waals surface area contributed by atoms with Gasteiger partial charge in [-0.15, -0.1) is 11.6 Å². The molecule has 0 radical (unpaired) electrons. The number of carbonyl (C=O) groups excluding carboxylic acids is 2. The van der Waals surface area contributed by atoms with Gasteiger partial charge < -0.3 is 0 Å². The standard InChI is InChI=1S/C6H11ClN2O2/c1-3-5(10)8-9-6(11)4(2)7/h4H,3H2,1-2H3,(H,8,10)(H,9,11). The second-order valence-electron chi connectivity index (χ2n) is 2.01. The van der Waals surface area contributed by atoms with E-state index in [1.165, 1.54) is 6.92 Å². The molecule has 0 saturated heterocycles. The van der Waals surface area contributed by atoms with Crippen LogP contribution in [0.15, 0.2) is 0 Å². The van der Waals surface area contributed by atoms with Gasteiger partial charge in [0.05, 0.1) is 0 Å². The maximum absolute atomic E-state index is 10.7. The minimum absolute atomic E-state index is 0.240. The molecule has 1 atom stereocenters. The molecule has 1 unspecified atom stereocenters. The zero-order valence-electron chi connectivity index (χ0n) is 6.48. The Kier molecular flexibility index (Phi) is 4.61. The number of amides is 2. The van der Waals surface area contributed by atoms with Gasteiger partial charge in [0.2, 0.25) is 5.91 Å². The van der Waals surface area contributed by atoms with E-state index in [9.17, 15) is 9.59 Å². The normalized spacial score (nSPS) is 11.9. The van der Waals surface area contributed by atoms with Gasteiger partial charge in [0.1, 0.15) is 5.38 Å². The van der Waals surface area contributed by atoms with E-state index in [2.05, 4.69) is 10.9 Å². The van der Waals surface area contributed by atoms with Crippen molar-refractivity contribution in [2.24, 2.45) is 0 Å². The summed E-state index contributed by atoms with van der Waals surface area (Å²) in [4.78, 5) is 21.3. The molecule has 11 heavy (non-hydrogen) atoms. The highest BCUT2D eigenvalue weighted by atomic mass is 35.5. The van der Waals surface area contributed by atoms with Crippen LogP contribution in [0.4, 0.5) is 0 Å². The van der Waals surface area contributed by atoms with Crippen LogP contribution in [-0.4, -0.2) is 17.2 Å². The molecule has 0 aromatic heterocycles. The van der Waals surface area contributed by atoms with Crippen molar-refractivity contribution in [3.8, 4) is 0 Å². The maximum atomic E-state index is 10.7. The SMILES string of the molecule is CCC(=O)NNC(=O)C(C)Cl. The lowest BCUT2D eigenvalue weighted by Crippen LogP contribution is -2.44. The summed E-state index contributed by atoms with van der Waals surface area (Å²) < 4.78 is 0. The zero-order chi connectivity index (χ0) is 8.85. The first kappa shape index (κ1) is 10.2. The Hall–Kier alpha value is -0.770. The number of alkyl halides is 1. The van der Waals surface area contributed by atoms with Crippen LogP contribution in [0, 0.1) is 0 Å². The van der Waals surface area contributed by atoms with Crippen molar-refractivity contribution in [3.05, 3.63) is 0 Å². The molecule has 2 amide bonds. The first-order valence-corrected chi connectivity index (χ1v) is 3.74. The molecule has 0 bridgehead atoms. The van der Waals surface area contributed by atoms with Gasteiger partial charge in [0, 0.05) is 6.42 Å². The number of halogens is 1. The summed E-state index contributed by atoms with van der Waals surface area (Å²) >= 11 is 5.39. The molecule has 0 aromatic rings. The Morgan fingerprint density at radius 2 is 2.00 bits per heavy atom. The van der Waals surface area contributed by atoms with Crippen LogP contribution in [0.25, 0.3) is 0 Å². The summed E-state index contributed by atoms with van der Waals surface area (Å²) in [5, 5.41) is -0.632. The predicted molar refractivity (Wildman–Crippen MR) is 41.9 cm³/mol. The lowest BCUT2D eigenvalue weighted by molar-refractivity contribution is -0.128. The average molecular weight is 179 g/mol. The Morgan fingerprint density at radius 1 is 1.45 bits per heavy atom. The number of nitrogens with one attached hydrogen (secondary N) is 2. The molecule has 0 heterocycles. The highest BCUT2D eigenvalue weighted by molar-refractivity contribution is 6.30. The van der Waals surface area contributed by atoms with Gasteiger partial charge in [-0.05, 0) is 6.92 Å². The summed E-state index contributed by atoms with van der Waals surface area (Å²) in [7, 11) is 0. The van der Waals surface area contributed by atoms with Gasteiger partial charge >= 0.3 is 0 Å². The van der Waals surface area contributed by atoms with Crippen molar-refractivity contribution < 1.29 is 9.59 Å². The van der Waals surface area contributed by atoms with Crippen LogP contribution in [-0.2, 0) is 9.59 Å². The number of rotatable bonds is 2. The van der Waals surface area contributed by atoms with E-state index in [1.54, 1.807) is 6.92 Å². The largest absolute Gasteiger partial charge is 0.273 e. The highest BCUT2D eigenvalue weighted by Gasteiger charge is 2.08. The van der Waals surface area contributed by atoms with E-state index < -0.39 is 11.3 Å². The fourth-order valence-electron chi connectivity index (χ4n) is 0.319. The maximum Gasteiger partial charge on any atom is 0.256 e. The molecule has 5 heteroatoms. The number of hydrogen-bond donors (Lipinski definition) is 2. The molecule has 64 valence electrons. The molecule has 0 spiro atoms. The lowest BCUT2D eigenvalue weighted by Gasteiger charge is -2.06. The van der Waals surface area contributed by atoms with Gasteiger partial charge in [0.25, 0.3) is 5.91 Å². The fraction of sp³-hybridized carbons (Fsp3) is 0.667. The molecule has 0 aliphatic heterocycles. The van der Waals surface area contributed by atoms with Crippen molar-refractivity contribution in [1.29, 1.82) is 0 Å². The first-order chi connectivity index (χ1) is 5.07. The van der Waals surface area contributed by atoms with Gasteiger partial charge in [-0.1, -0.05) is 6.92 Å². The monoisotopic (exact) mass is 178 g/mol. The Balaban J connectivity index is 3.54. The van der Waals surface area contributed by atoms with E-state index >= 15 is 0 Å². The van der Waals surface area contributed by atoms with E-state index in [0.29, 0.717) is 6.42 Å². The molecule has 0 aliphatic rings. The van der Waals surface area contributed by atoms with Crippen LogP contribution in [0.1, 0.15) is 20.3 Å². The molecule has 2 N–H and O–H groups in total. The minimum Gasteiger partial charge on any atom is -0.273 e. The lowest BCUT2D eigenvalue weighted by atomic mass is 10.4. The zero-order valence-corrected chi connectivity index (χ0v) is 7.23. The highest BCUT2D eigenvalue weighted by Crippen LogP contribution is 1.90. The van der Waals surface area contributed by atoms with E-state index in [1.807, 2.05) is 0 Å². The van der Waals surface area contributed by atoms with Gasteiger partial charge in [-0.3, -0.25) is 20.4 Å². The Morgan fingerprint density at radius 3 is 2.36 bits per heavy atom. The van der Waals surface area contributed by atoms with E-state index in [4.69, 9.17) is 11.6 Å². The van der Waals surface area contributed by atoms with E-state index in [-0.39, 0.29) is 5.91 Å². The third-order valence-electron chi connectivity index (χ3n) is 1.01. The van der Waals surface area contributed by atoms with Crippen LogP contribution in [0.3, 0.4) is 0 Å². The van der Waals surface area contributed by atoms with Crippen molar-refractivity contribution in [2.75, 3.05) is 0 Å². The summed E-state index contributed by atoms with van der Waals surface area (Å²) in [6.45, 7) is 3.21. The molecule has 0 aliphatic carbocycles. The van der Waals surface area contributed by atoms with Crippen LogP contribution in [0.5, 0.6) is 0 Å². The van der Waals surface area contributed by atoms with Crippen molar-refractivity contribution in [3.63, 3.8) is 0 Å². The second kappa shape index (κ2) is 4.96. The topological polar surface area (TPSA) is 58.2 Å². The van der Waals surface area contributed by atoms with E-state index in [0.717, 1.165) is 0 Å². The molecule has 0 aromatic carbocycles. The average Bonchev–Trinajstić information content (AvgIpc) is 1.99. The summed E-state index contributed by atoms with van der Waals surface area (Å²) in [6.07, 6.45) is 0.330. The molecule has 0 saturated carbocycles. The molecule has 4 nitrogen and oxygen atoms in total. The molecule has 0 rings (SSSR count). The van der Waals surface area contributed by atoms with Gasteiger partial charge in [-0.2, -0.15) is 0 Å². The van der Waals surface area contributed by atoms with Crippen LogP contribution in [0.2, 0.25) is 0 Å². The number of hydrazine groups is 1. The van der Waals surface area contributed by atoms with Crippen LogP contribution < -0.4 is 10.9 Å². The molecular weight excluding hydrogens is 168 g/mol. The van der Waals surface area contributed by atoms with Gasteiger partial charge in [0.15, 0.2) is 0 Å². The second-order valence-corrected chi connectivity index (χ2v) is 2.66. The van der Waals surface area contributed by atoms with Crippen LogP contribution >= 0.6 is 11.6 Å². The summed E-state index contributed by atoms with van der Waals surface area (Å²) in [5.41, 5.74) is 4.35. The molecule has 0 fully saturated rings. The summed E-state index contributed by atoms with van der Waals surface area (Å²) in [5.74, 6) is -0.649. The third-order valence-corrected chi connectivity index (χ3v) is 1.21. The summed E-state index contributed by atoms with van der Waals surface area (Å²) in [6, 6.07) is 0. The Labute approximate surface area is 70.3 Å². The van der Waals surface area contributed by atoms with Crippen molar-refractivity contribution in [1.82, 2.24) is 10.9 Å². The molecular formula is C6H11ClN2O2. The van der Waals surface area contributed by atoms with Crippen molar-refractivity contribution >= 4 is 23.4 Å². The van der Waals surface area contributed by atoms with Gasteiger partial charge in [-0.25, -0.2) is 0 Å². The number of carbonyl (C=O) groups is 2. The minimum atomic E-state index is -0.632. The predicted octanol–water partition coefficient (Wildman–Crippen LogP) is 0.171. The smallest absolute Gasteiger partial charge is 0.256 e. The van der Waals surface area contributed by atoms with Crippen molar-refractivity contribution in [2.45, 2.75) is 25.6 Å². The number of hydrogen-bond acceptors (Lipinski definition) is 2. The fourth-order valence-corrected chi connectivity index (χ4v) is 0.374. The quantitative estimate of drug-likeness (QED) is 0.468. The Bertz CT molecular complexity index is 159. The first-order valence-electron chi connectivity index (χ1n) is 3.30. The third kappa shape index (κ3) is 4.61.